The van der Waals surface area contributed by atoms with Crippen LogP contribution in [0.4, 0.5) is 4.79 Å². The smallest absolute Gasteiger partial charge is 0.408 e. The Morgan fingerprint density at radius 2 is 1.87 bits per heavy atom. The van der Waals surface area contributed by atoms with Crippen LogP contribution in [0.1, 0.15) is 18.4 Å². The van der Waals surface area contributed by atoms with Gasteiger partial charge in [-0.15, -0.1) is 0 Å². The van der Waals surface area contributed by atoms with E-state index < -0.39 is 11.6 Å². The van der Waals surface area contributed by atoms with Crippen LogP contribution in [-0.2, 0) is 11.3 Å². The molecule has 156 valence electrons. The van der Waals surface area contributed by atoms with Crippen LogP contribution in [0.15, 0.2) is 54.7 Å². The minimum absolute atomic E-state index is 0.191. The van der Waals surface area contributed by atoms with Gasteiger partial charge in [0.25, 0.3) is 0 Å². The number of ether oxygens (including phenoxy) is 4. The Kier molecular flexibility index (Phi) is 5.61. The van der Waals surface area contributed by atoms with Crippen molar-refractivity contribution in [2.24, 2.45) is 0 Å². The highest BCUT2D eigenvalue weighted by atomic mass is 16.6. The summed E-state index contributed by atoms with van der Waals surface area (Å²) in [7, 11) is 3.21. The van der Waals surface area contributed by atoms with Crippen LogP contribution in [0.25, 0.3) is 10.9 Å². The molecule has 0 spiro atoms. The zero-order valence-corrected chi connectivity index (χ0v) is 17.0. The molecule has 1 heterocycles. The fourth-order valence-electron chi connectivity index (χ4n) is 3.15. The first kappa shape index (κ1) is 19.8. The van der Waals surface area contributed by atoms with Crippen LogP contribution in [0, 0.1) is 0 Å². The van der Waals surface area contributed by atoms with Gasteiger partial charge < -0.3 is 24.3 Å². The number of fused-ring (bicyclic) bond motifs is 1. The van der Waals surface area contributed by atoms with E-state index in [9.17, 15) is 4.79 Å². The van der Waals surface area contributed by atoms with E-state index >= 15 is 0 Å². The fourth-order valence-corrected chi connectivity index (χ4v) is 3.15. The Morgan fingerprint density at radius 3 is 2.57 bits per heavy atom. The van der Waals surface area contributed by atoms with Gasteiger partial charge in [0, 0.05) is 17.6 Å². The fraction of sp³-hybridized carbons (Fsp3) is 0.304. The maximum atomic E-state index is 12.3. The van der Waals surface area contributed by atoms with E-state index in [-0.39, 0.29) is 6.61 Å². The molecule has 1 aliphatic carbocycles. The van der Waals surface area contributed by atoms with E-state index in [4.69, 9.17) is 18.9 Å². The number of aromatic nitrogens is 1. The number of hydrogen-bond donors (Lipinski definition) is 1. The maximum absolute atomic E-state index is 12.3. The van der Waals surface area contributed by atoms with Crippen LogP contribution < -0.4 is 19.5 Å². The second-order valence-corrected chi connectivity index (χ2v) is 7.32. The van der Waals surface area contributed by atoms with Crippen molar-refractivity contribution in [1.29, 1.82) is 0 Å². The second kappa shape index (κ2) is 8.49. The van der Waals surface area contributed by atoms with Crippen molar-refractivity contribution in [1.82, 2.24) is 10.3 Å². The summed E-state index contributed by atoms with van der Waals surface area (Å²) in [5.74, 6) is 1.99. The summed E-state index contributed by atoms with van der Waals surface area (Å²) in [5, 5.41) is 3.91. The van der Waals surface area contributed by atoms with Crippen molar-refractivity contribution in [3.63, 3.8) is 0 Å². The summed E-state index contributed by atoms with van der Waals surface area (Å²) in [6, 6.07) is 15.0. The lowest BCUT2D eigenvalue weighted by atomic mass is 10.2. The Labute approximate surface area is 174 Å². The first-order chi connectivity index (χ1) is 14.6. The average Bonchev–Trinajstić information content (AvgIpc) is 3.55. The number of carbonyl (C=O) groups is 1. The molecule has 0 unspecified atom stereocenters. The maximum Gasteiger partial charge on any atom is 0.408 e. The number of nitrogens with zero attached hydrogens (tertiary/aromatic N) is 1. The first-order valence-electron chi connectivity index (χ1n) is 9.74. The molecule has 3 aromatic rings. The molecule has 30 heavy (non-hydrogen) atoms. The summed E-state index contributed by atoms with van der Waals surface area (Å²) >= 11 is 0. The Morgan fingerprint density at radius 1 is 1.07 bits per heavy atom. The number of hydrogen-bond acceptors (Lipinski definition) is 6. The molecule has 0 bridgehead atoms. The number of benzene rings is 2. The SMILES string of the molecule is COc1ccc(COC(=O)NC2(COc3cc4ncccc4cc3OC)CC2)cc1. The van der Waals surface area contributed by atoms with E-state index in [1.165, 1.54) is 0 Å². The lowest BCUT2D eigenvalue weighted by Gasteiger charge is -2.19. The van der Waals surface area contributed by atoms with E-state index in [2.05, 4.69) is 10.3 Å². The highest BCUT2D eigenvalue weighted by Gasteiger charge is 2.45. The van der Waals surface area contributed by atoms with Crippen LogP contribution in [0.2, 0.25) is 0 Å². The normalized spacial score (nSPS) is 14.1. The molecule has 2 aromatic carbocycles. The molecular formula is C23H24N2O5. The molecule has 0 radical (unpaired) electrons. The Hall–Kier alpha value is -3.48. The van der Waals surface area contributed by atoms with Gasteiger partial charge in [-0.25, -0.2) is 4.79 Å². The molecule has 4 rings (SSSR count). The number of amides is 1. The third kappa shape index (κ3) is 4.56. The number of pyridine rings is 1. The lowest BCUT2D eigenvalue weighted by molar-refractivity contribution is 0.128. The molecule has 0 aliphatic heterocycles. The largest absolute Gasteiger partial charge is 0.497 e. The molecule has 1 saturated carbocycles. The van der Waals surface area contributed by atoms with E-state index in [1.807, 2.05) is 48.5 Å². The van der Waals surface area contributed by atoms with Gasteiger partial charge in [0.15, 0.2) is 11.5 Å². The quantitative estimate of drug-likeness (QED) is 0.605. The Balaban J connectivity index is 1.33. The summed E-state index contributed by atoms with van der Waals surface area (Å²) in [5.41, 5.74) is 1.30. The zero-order chi connectivity index (χ0) is 21.0. The molecular weight excluding hydrogens is 384 g/mol. The zero-order valence-electron chi connectivity index (χ0n) is 17.0. The van der Waals surface area contributed by atoms with Gasteiger partial charge in [0.2, 0.25) is 0 Å². The van der Waals surface area contributed by atoms with Crippen LogP contribution in [-0.4, -0.2) is 37.4 Å². The molecule has 1 N–H and O–H groups in total. The van der Waals surface area contributed by atoms with Gasteiger partial charge in [-0.2, -0.15) is 0 Å². The number of carbonyl (C=O) groups excluding carboxylic acids is 1. The van der Waals surface area contributed by atoms with Crippen LogP contribution in [0.3, 0.4) is 0 Å². The highest BCUT2D eigenvalue weighted by Crippen LogP contribution is 2.38. The predicted molar refractivity (Wildman–Crippen MR) is 112 cm³/mol. The first-order valence-corrected chi connectivity index (χ1v) is 9.74. The number of alkyl carbamates (subject to hydrolysis) is 1. The average molecular weight is 408 g/mol. The van der Waals surface area contributed by atoms with Gasteiger partial charge >= 0.3 is 6.09 Å². The lowest BCUT2D eigenvalue weighted by Crippen LogP contribution is -2.41. The van der Waals surface area contributed by atoms with Gasteiger partial charge in [0.1, 0.15) is 19.0 Å². The summed E-state index contributed by atoms with van der Waals surface area (Å²) < 4.78 is 21.9. The third-order valence-electron chi connectivity index (χ3n) is 5.14. The minimum Gasteiger partial charge on any atom is -0.497 e. The molecule has 1 fully saturated rings. The Bertz CT molecular complexity index is 1030. The summed E-state index contributed by atoms with van der Waals surface area (Å²) in [4.78, 5) is 16.6. The van der Waals surface area contributed by atoms with Gasteiger partial charge in [-0.05, 0) is 42.7 Å². The molecule has 0 saturated heterocycles. The topological polar surface area (TPSA) is 78.9 Å². The van der Waals surface area contributed by atoms with Crippen molar-refractivity contribution >= 4 is 17.0 Å². The van der Waals surface area contributed by atoms with Crippen LogP contribution >= 0.6 is 0 Å². The van der Waals surface area contributed by atoms with E-state index in [0.29, 0.717) is 18.1 Å². The van der Waals surface area contributed by atoms with E-state index in [0.717, 1.165) is 35.1 Å². The predicted octanol–water partition coefficient (Wildman–Crippen LogP) is 4.09. The molecule has 1 aromatic heterocycles. The number of methoxy groups -OCH3 is 2. The minimum atomic E-state index is -0.459. The third-order valence-corrected chi connectivity index (χ3v) is 5.14. The van der Waals surface area contributed by atoms with Crippen molar-refractivity contribution in [2.75, 3.05) is 20.8 Å². The van der Waals surface area contributed by atoms with Crippen molar-refractivity contribution in [3.05, 3.63) is 60.3 Å². The molecule has 7 heteroatoms. The number of nitrogens with one attached hydrogen (secondary N) is 1. The second-order valence-electron chi connectivity index (χ2n) is 7.32. The van der Waals surface area contributed by atoms with Gasteiger partial charge in [0.05, 0.1) is 25.3 Å². The van der Waals surface area contributed by atoms with Crippen molar-refractivity contribution in [3.8, 4) is 17.2 Å². The molecule has 7 nitrogen and oxygen atoms in total. The summed E-state index contributed by atoms with van der Waals surface area (Å²) in [6.45, 7) is 0.524. The highest BCUT2D eigenvalue weighted by molar-refractivity contribution is 5.82. The van der Waals surface area contributed by atoms with E-state index in [1.54, 1.807) is 20.4 Å². The standard InChI is InChI=1S/C23H24N2O5/c1-27-18-7-5-16(6-8-18)14-29-22(26)25-23(9-10-23)15-30-21-13-19-17(4-3-11-24-19)12-20(21)28-2/h3-8,11-13H,9-10,14-15H2,1-2H3,(H,25,26). The monoisotopic (exact) mass is 408 g/mol. The van der Waals surface area contributed by atoms with Crippen molar-refractivity contribution < 1.29 is 23.7 Å². The van der Waals surface area contributed by atoms with Gasteiger partial charge in [-0.1, -0.05) is 18.2 Å². The number of rotatable bonds is 8. The van der Waals surface area contributed by atoms with Crippen LogP contribution in [0.5, 0.6) is 17.2 Å². The summed E-state index contributed by atoms with van der Waals surface area (Å²) in [6.07, 6.45) is 2.94. The molecule has 1 amide bonds. The van der Waals surface area contributed by atoms with Gasteiger partial charge in [-0.3, -0.25) is 4.98 Å². The molecule has 0 atom stereocenters. The molecule has 1 aliphatic rings. The van der Waals surface area contributed by atoms with Crippen molar-refractivity contribution in [2.45, 2.75) is 25.0 Å².